The maximum absolute atomic E-state index is 4.04. The quantitative estimate of drug-likeness (QED) is 0.127. The molecule has 0 fully saturated rings. The summed E-state index contributed by atoms with van der Waals surface area (Å²) in [5, 5.41) is 5.16. The van der Waals surface area contributed by atoms with E-state index in [1.807, 2.05) is 28.7 Å². The van der Waals surface area contributed by atoms with Gasteiger partial charge in [0.25, 0.3) is 0 Å². The van der Waals surface area contributed by atoms with Crippen LogP contribution in [0.5, 0.6) is 0 Å². The van der Waals surface area contributed by atoms with Crippen molar-refractivity contribution in [1.82, 2.24) is 0 Å². The molecule has 4 heteroatoms. The Morgan fingerprint density at radius 3 is 1.51 bits per heavy atom. The number of benzene rings is 8. The third-order valence-electron chi connectivity index (χ3n) is 10.9. The van der Waals surface area contributed by atoms with Gasteiger partial charge in [-0.3, -0.25) is 0 Å². The third kappa shape index (κ3) is 6.93. The van der Waals surface area contributed by atoms with Crippen LogP contribution in [0.25, 0.3) is 62.6 Å². The van der Waals surface area contributed by atoms with Gasteiger partial charge in [0.2, 0.25) is 0 Å². The molecule has 0 N–H and O–H groups in total. The van der Waals surface area contributed by atoms with Crippen LogP contribution in [-0.4, -0.2) is 0 Å². The average molecular weight is 793 g/mol. The second-order valence-electron chi connectivity index (χ2n) is 14.6. The Kier molecular flexibility index (Phi) is 9.71. The van der Waals surface area contributed by atoms with Crippen molar-refractivity contribution < 1.29 is 0 Å². The highest BCUT2D eigenvalue weighted by atomic mass is 32.1. The zero-order valence-corrected chi connectivity index (χ0v) is 34.3. The lowest BCUT2D eigenvalue weighted by Crippen LogP contribution is -2.15. The van der Waals surface area contributed by atoms with Crippen molar-refractivity contribution in [2.75, 3.05) is 9.80 Å². The van der Waals surface area contributed by atoms with Crippen LogP contribution in [0.15, 0.2) is 225 Å². The summed E-state index contributed by atoms with van der Waals surface area (Å²) in [6.07, 6.45) is 8.15. The molecule has 0 atom stereocenters. The van der Waals surface area contributed by atoms with Crippen LogP contribution in [0.3, 0.4) is 0 Å². The van der Waals surface area contributed by atoms with E-state index in [9.17, 15) is 0 Å². The van der Waals surface area contributed by atoms with Crippen molar-refractivity contribution in [2.24, 2.45) is 0 Å². The van der Waals surface area contributed by atoms with Crippen molar-refractivity contribution in [2.45, 2.75) is 6.92 Å². The number of rotatable bonds is 10. The molecule has 0 saturated carbocycles. The number of fused-ring (bicyclic) bond motifs is 6. The second-order valence-corrected chi connectivity index (χ2v) is 16.7. The monoisotopic (exact) mass is 792 g/mol. The van der Waals surface area contributed by atoms with E-state index in [2.05, 4.69) is 230 Å². The molecule has 0 aliphatic rings. The fourth-order valence-electron chi connectivity index (χ4n) is 8.16. The van der Waals surface area contributed by atoms with Crippen molar-refractivity contribution in [3.05, 3.63) is 225 Å². The minimum Gasteiger partial charge on any atom is -0.310 e. The van der Waals surface area contributed by atoms with Crippen LogP contribution in [0.2, 0.25) is 0 Å². The third-order valence-corrected chi connectivity index (χ3v) is 13.2. The van der Waals surface area contributed by atoms with Crippen LogP contribution in [0, 0.1) is 0 Å². The van der Waals surface area contributed by atoms with E-state index in [1.54, 1.807) is 0 Å². The summed E-state index contributed by atoms with van der Waals surface area (Å²) < 4.78 is 5.21. The Morgan fingerprint density at radius 1 is 0.424 bits per heavy atom. The summed E-state index contributed by atoms with van der Waals surface area (Å²) in [4.78, 5) is 4.66. The Labute approximate surface area is 353 Å². The molecule has 0 saturated heterocycles. The number of hydrogen-bond acceptors (Lipinski definition) is 4. The van der Waals surface area contributed by atoms with Gasteiger partial charge in [0.1, 0.15) is 0 Å². The summed E-state index contributed by atoms with van der Waals surface area (Å²) in [6.45, 7) is 6.10. The molecule has 59 heavy (non-hydrogen) atoms. The molecule has 0 spiro atoms. The van der Waals surface area contributed by atoms with E-state index in [4.69, 9.17) is 0 Å². The van der Waals surface area contributed by atoms with Gasteiger partial charge < -0.3 is 9.80 Å². The molecule has 0 aliphatic heterocycles. The van der Waals surface area contributed by atoms with Crippen LogP contribution < -0.4 is 9.80 Å². The van der Waals surface area contributed by atoms with Crippen LogP contribution in [0.4, 0.5) is 28.4 Å². The van der Waals surface area contributed by atoms with Crippen molar-refractivity contribution >= 4 is 91.5 Å². The molecule has 0 bridgehead atoms. The fourth-order valence-corrected chi connectivity index (χ4v) is 10.3. The summed E-state index contributed by atoms with van der Waals surface area (Å²) in [7, 11) is 0. The lowest BCUT2D eigenvalue weighted by Gasteiger charge is -2.27. The summed E-state index contributed by atoms with van der Waals surface area (Å²) >= 11 is 3.69. The van der Waals surface area contributed by atoms with E-state index in [0.717, 1.165) is 34.1 Å². The molecule has 0 unspecified atom stereocenters. The van der Waals surface area contributed by atoms with E-state index < -0.39 is 0 Å². The lowest BCUT2D eigenvalue weighted by molar-refractivity contribution is 1.21. The molecule has 8 aromatic carbocycles. The van der Waals surface area contributed by atoms with Gasteiger partial charge in [-0.05, 0) is 132 Å². The largest absolute Gasteiger partial charge is 0.310 e. The van der Waals surface area contributed by atoms with Crippen molar-refractivity contribution in [3.8, 4) is 22.3 Å². The lowest BCUT2D eigenvalue weighted by atomic mass is 9.98. The Morgan fingerprint density at radius 2 is 0.915 bits per heavy atom. The summed E-state index contributed by atoms with van der Waals surface area (Å²) in [5.74, 6) is 0. The van der Waals surface area contributed by atoms with Crippen LogP contribution in [-0.2, 0) is 0 Å². The van der Waals surface area contributed by atoms with Gasteiger partial charge in [-0.25, -0.2) is 0 Å². The average Bonchev–Trinajstić information content (AvgIpc) is 3.86. The van der Waals surface area contributed by atoms with Gasteiger partial charge >= 0.3 is 0 Å². The molecular weight excluding hydrogens is 753 g/mol. The first-order valence-corrected chi connectivity index (χ1v) is 21.5. The molecule has 0 amide bonds. The minimum absolute atomic E-state index is 1.05. The predicted molar refractivity (Wildman–Crippen MR) is 259 cm³/mol. The molecule has 10 rings (SSSR count). The van der Waals surface area contributed by atoms with Gasteiger partial charge in [0.15, 0.2) is 0 Å². The van der Waals surface area contributed by atoms with E-state index in [0.29, 0.717) is 0 Å². The molecule has 0 aliphatic carbocycles. The summed E-state index contributed by atoms with van der Waals surface area (Å²) in [5.41, 5.74) is 11.3. The highest BCUT2D eigenvalue weighted by Crippen LogP contribution is 2.42. The maximum Gasteiger partial charge on any atom is 0.0468 e. The summed E-state index contributed by atoms with van der Waals surface area (Å²) in [6, 6.07) is 68.4. The van der Waals surface area contributed by atoms with Crippen LogP contribution in [0.1, 0.15) is 6.92 Å². The van der Waals surface area contributed by atoms with E-state index >= 15 is 0 Å². The van der Waals surface area contributed by atoms with Crippen LogP contribution >= 0.6 is 22.7 Å². The molecule has 2 heterocycles. The Balaban J connectivity index is 0.967. The number of para-hydroxylation sites is 1. The first kappa shape index (κ1) is 36.4. The van der Waals surface area contributed by atoms with Crippen molar-refractivity contribution in [1.29, 1.82) is 0 Å². The molecule has 2 aromatic heterocycles. The van der Waals surface area contributed by atoms with E-state index in [1.165, 1.54) is 62.6 Å². The minimum atomic E-state index is 1.05. The van der Waals surface area contributed by atoms with Gasteiger partial charge in [0.05, 0.1) is 0 Å². The van der Waals surface area contributed by atoms with Gasteiger partial charge in [-0.2, -0.15) is 0 Å². The second kappa shape index (κ2) is 15.8. The Hall–Kier alpha value is -6.98. The highest BCUT2D eigenvalue weighted by Gasteiger charge is 2.17. The highest BCUT2D eigenvalue weighted by molar-refractivity contribution is 7.26. The van der Waals surface area contributed by atoms with Gasteiger partial charge in [-0.15, -0.1) is 22.7 Å². The van der Waals surface area contributed by atoms with Crippen molar-refractivity contribution in [3.63, 3.8) is 0 Å². The van der Waals surface area contributed by atoms with Gasteiger partial charge in [0, 0.05) is 74.5 Å². The number of allylic oxidation sites excluding steroid dienone is 4. The Bertz CT molecular complexity index is 3190. The smallest absolute Gasteiger partial charge is 0.0468 e. The number of hydrogen-bond donors (Lipinski definition) is 0. The number of anilines is 5. The first-order valence-electron chi connectivity index (χ1n) is 19.9. The topological polar surface area (TPSA) is 6.48 Å². The molecular formula is C55H40N2S2. The molecule has 10 aromatic rings. The zero-order valence-electron chi connectivity index (χ0n) is 32.6. The number of nitrogens with zero attached hydrogens (tertiary/aromatic N) is 2. The van der Waals surface area contributed by atoms with E-state index in [-0.39, 0.29) is 0 Å². The normalized spacial score (nSPS) is 11.9. The molecule has 282 valence electrons. The fraction of sp³-hybridized carbons (Fsp3) is 0.0182. The first-order chi connectivity index (χ1) is 29.1. The standard InChI is InChI=1S/C55H40N2S2/c1-3-13-42(14-4-2)56(46-31-33-54-50(36-46)48-19-8-10-21-52(48)58-54)44-27-23-38(24-28-44)40-15-12-16-41(35-40)39-25-29-45(30-26-39)57(43-17-6-5-7-18-43)47-32-34-55-51(37-47)49-20-9-11-22-53(49)59-55/h3-37H,1H2,2H3/b14-4-,42-13+. The molecule has 2 nitrogen and oxygen atoms in total. The number of thiophene rings is 2. The van der Waals surface area contributed by atoms with Gasteiger partial charge in [-0.1, -0.05) is 116 Å². The molecule has 0 radical (unpaired) electrons. The SMILES string of the molecule is C=C/C=C(\C=C/C)N(c1ccc(-c2cccc(-c3ccc(N(c4ccccc4)c4ccc5sc6ccccc6c5c4)cc3)c2)cc1)c1ccc2sc3ccccc3c2c1. The zero-order chi connectivity index (χ0) is 39.7. The maximum atomic E-state index is 4.04. The predicted octanol–water partition coefficient (Wildman–Crippen LogP) is 17.0.